The Hall–Kier alpha value is -0.610. The average Bonchev–Trinajstić information content (AvgIpc) is 2.62. The summed E-state index contributed by atoms with van der Waals surface area (Å²) in [6, 6.07) is 0.650. The first-order valence-corrected chi connectivity index (χ1v) is 10.9. The fraction of sp³-hybridized carbons (Fsp3) is 0.952. The Morgan fingerprint density at radius 1 is 1.00 bits per heavy atom. The van der Waals surface area contributed by atoms with Crippen molar-refractivity contribution in [2.24, 2.45) is 0 Å². The van der Waals surface area contributed by atoms with Crippen molar-refractivity contribution >= 4 is 5.97 Å². The van der Waals surface area contributed by atoms with Crippen LogP contribution in [-0.4, -0.2) is 49.7 Å². The second-order valence-electron chi connectivity index (χ2n) is 7.54. The molecule has 0 aliphatic carbocycles. The average molecular weight is 355 g/mol. The van der Waals surface area contributed by atoms with Gasteiger partial charge in [0, 0.05) is 32.1 Å². The van der Waals surface area contributed by atoms with Crippen LogP contribution in [0.25, 0.3) is 0 Å². The van der Waals surface area contributed by atoms with Gasteiger partial charge in [0.05, 0.1) is 6.61 Å². The Morgan fingerprint density at radius 3 is 2.56 bits per heavy atom. The number of rotatable bonds is 15. The first kappa shape index (κ1) is 22.4. The zero-order valence-electron chi connectivity index (χ0n) is 16.9. The summed E-state index contributed by atoms with van der Waals surface area (Å²) >= 11 is 0. The Labute approximate surface area is 156 Å². The number of ether oxygens (including phenoxy) is 1. The molecule has 1 rings (SSSR count). The monoisotopic (exact) mass is 354 g/mol. The molecule has 0 amide bonds. The summed E-state index contributed by atoms with van der Waals surface area (Å²) in [7, 11) is 0. The van der Waals surface area contributed by atoms with Crippen LogP contribution in [0, 0.1) is 0 Å². The van der Waals surface area contributed by atoms with Crippen molar-refractivity contribution in [1.29, 1.82) is 0 Å². The van der Waals surface area contributed by atoms with Crippen LogP contribution in [0.3, 0.4) is 0 Å². The van der Waals surface area contributed by atoms with Gasteiger partial charge in [-0.3, -0.25) is 4.79 Å². The molecule has 0 aromatic carbocycles. The number of nitrogens with zero attached hydrogens (tertiary/aromatic N) is 1. The Bertz CT molecular complexity index is 323. The van der Waals surface area contributed by atoms with Gasteiger partial charge >= 0.3 is 5.97 Å². The lowest BCUT2D eigenvalue weighted by atomic mass is 10.1. The van der Waals surface area contributed by atoms with Gasteiger partial charge in [-0.1, -0.05) is 58.8 Å². The zero-order valence-corrected chi connectivity index (χ0v) is 16.9. The lowest BCUT2D eigenvalue weighted by Gasteiger charge is -2.33. The summed E-state index contributed by atoms with van der Waals surface area (Å²) in [5, 5.41) is 3.66. The van der Waals surface area contributed by atoms with Gasteiger partial charge in [-0.15, -0.1) is 0 Å². The standard InChI is InChI=1S/C21H42N2O2/c1-3-5-7-11-16-23-17-15-22-20(19-23)13-10-8-12-18-25-21(24)14-9-6-4-2/h20,22H,3-19H2,1-2H3. The maximum absolute atomic E-state index is 11.5. The first-order chi connectivity index (χ1) is 12.3. The van der Waals surface area contributed by atoms with Gasteiger partial charge in [0.1, 0.15) is 0 Å². The number of esters is 1. The highest BCUT2D eigenvalue weighted by Crippen LogP contribution is 2.10. The van der Waals surface area contributed by atoms with E-state index in [2.05, 4.69) is 24.1 Å². The zero-order chi connectivity index (χ0) is 18.2. The van der Waals surface area contributed by atoms with E-state index < -0.39 is 0 Å². The molecule has 1 unspecified atom stereocenters. The van der Waals surface area contributed by atoms with E-state index in [1.807, 2.05) is 0 Å². The van der Waals surface area contributed by atoms with Crippen LogP contribution < -0.4 is 5.32 Å². The van der Waals surface area contributed by atoms with Crippen molar-refractivity contribution < 1.29 is 9.53 Å². The maximum Gasteiger partial charge on any atom is 0.305 e. The number of piperazine rings is 1. The summed E-state index contributed by atoms with van der Waals surface area (Å²) in [6.07, 6.45) is 13.9. The third kappa shape index (κ3) is 12.4. The van der Waals surface area contributed by atoms with E-state index in [-0.39, 0.29) is 5.97 Å². The molecule has 0 aromatic rings. The summed E-state index contributed by atoms with van der Waals surface area (Å²) in [6.45, 7) is 9.84. The molecule has 4 heteroatoms. The molecule has 1 saturated heterocycles. The van der Waals surface area contributed by atoms with Gasteiger partial charge in [0.2, 0.25) is 0 Å². The summed E-state index contributed by atoms with van der Waals surface area (Å²) in [5.74, 6) is -0.0129. The van der Waals surface area contributed by atoms with Gasteiger partial charge in [0.15, 0.2) is 0 Å². The number of carbonyl (C=O) groups excluding carboxylic acids is 1. The quantitative estimate of drug-likeness (QED) is 0.347. The molecule has 148 valence electrons. The van der Waals surface area contributed by atoms with Crippen molar-refractivity contribution in [3.05, 3.63) is 0 Å². The highest BCUT2D eigenvalue weighted by Gasteiger charge is 2.18. The van der Waals surface area contributed by atoms with Crippen LogP contribution in [-0.2, 0) is 9.53 Å². The predicted molar refractivity (Wildman–Crippen MR) is 106 cm³/mol. The number of hydrogen-bond acceptors (Lipinski definition) is 4. The molecule has 1 heterocycles. The van der Waals surface area contributed by atoms with E-state index in [4.69, 9.17) is 4.74 Å². The third-order valence-electron chi connectivity index (χ3n) is 5.11. The highest BCUT2D eigenvalue weighted by molar-refractivity contribution is 5.69. The molecule has 1 aliphatic heterocycles. The first-order valence-electron chi connectivity index (χ1n) is 10.9. The normalized spacial score (nSPS) is 18.4. The molecule has 0 radical (unpaired) electrons. The Balaban J connectivity index is 1.96. The molecule has 1 aliphatic rings. The van der Waals surface area contributed by atoms with E-state index in [1.165, 1.54) is 58.2 Å². The van der Waals surface area contributed by atoms with Crippen molar-refractivity contribution in [3.8, 4) is 0 Å². The van der Waals surface area contributed by atoms with Gasteiger partial charge in [0.25, 0.3) is 0 Å². The minimum absolute atomic E-state index is 0.0129. The molecule has 1 atom stereocenters. The van der Waals surface area contributed by atoms with E-state index in [1.54, 1.807) is 0 Å². The largest absolute Gasteiger partial charge is 0.466 e. The Morgan fingerprint density at radius 2 is 1.76 bits per heavy atom. The maximum atomic E-state index is 11.5. The smallest absolute Gasteiger partial charge is 0.305 e. The summed E-state index contributed by atoms with van der Waals surface area (Å²) < 4.78 is 5.30. The van der Waals surface area contributed by atoms with Crippen molar-refractivity contribution in [2.45, 2.75) is 96.9 Å². The fourth-order valence-corrected chi connectivity index (χ4v) is 3.50. The Kier molecular flexibility index (Phi) is 14.0. The minimum atomic E-state index is -0.0129. The second kappa shape index (κ2) is 15.6. The number of nitrogens with one attached hydrogen (secondary N) is 1. The molecule has 4 nitrogen and oxygen atoms in total. The van der Waals surface area contributed by atoms with Gasteiger partial charge < -0.3 is 15.0 Å². The number of carbonyl (C=O) groups is 1. The lowest BCUT2D eigenvalue weighted by Crippen LogP contribution is -2.50. The topological polar surface area (TPSA) is 41.6 Å². The van der Waals surface area contributed by atoms with E-state index >= 15 is 0 Å². The van der Waals surface area contributed by atoms with Crippen LogP contribution in [0.4, 0.5) is 0 Å². The van der Waals surface area contributed by atoms with Crippen molar-refractivity contribution in [3.63, 3.8) is 0 Å². The van der Waals surface area contributed by atoms with E-state index in [0.717, 1.165) is 38.6 Å². The van der Waals surface area contributed by atoms with Gasteiger partial charge in [-0.05, 0) is 32.2 Å². The third-order valence-corrected chi connectivity index (χ3v) is 5.11. The van der Waals surface area contributed by atoms with Gasteiger partial charge in [-0.2, -0.15) is 0 Å². The molecule has 0 bridgehead atoms. The summed E-state index contributed by atoms with van der Waals surface area (Å²) in [4.78, 5) is 14.2. The molecule has 0 spiro atoms. The van der Waals surface area contributed by atoms with Crippen molar-refractivity contribution in [1.82, 2.24) is 10.2 Å². The summed E-state index contributed by atoms with van der Waals surface area (Å²) in [5.41, 5.74) is 0. The van der Waals surface area contributed by atoms with Crippen molar-refractivity contribution in [2.75, 3.05) is 32.8 Å². The predicted octanol–water partition coefficient (Wildman–Crippen LogP) is 4.52. The molecule has 25 heavy (non-hydrogen) atoms. The van der Waals surface area contributed by atoms with Crippen LogP contribution >= 0.6 is 0 Å². The second-order valence-corrected chi connectivity index (χ2v) is 7.54. The van der Waals surface area contributed by atoms with Gasteiger partial charge in [-0.25, -0.2) is 0 Å². The number of hydrogen-bond donors (Lipinski definition) is 1. The minimum Gasteiger partial charge on any atom is -0.466 e. The molecular formula is C21H42N2O2. The molecule has 1 fully saturated rings. The molecule has 0 saturated carbocycles. The molecule has 1 N–H and O–H groups in total. The van der Waals surface area contributed by atoms with Crippen LogP contribution in [0.2, 0.25) is 0 Å². The van der Waals surface area contributed by atoms with Crippen LogP contribution in [0.5, 0.6) is 0 Å². The fourth-order valence-electron chi connectivity index (χ4n) is 3.50. The van der Waals surface area contributed by atoms with Crippen LogP contribution in [0.15, 0.2) is 0 Å². The SMILES string of the molecule is CCCCCCN1CCNC(CCCCCOC(=O)CCCCC)C1. The van der Waals surface area contributed by atoms with E-state index in [9.17, 15) is 4.79 Å². The molecule has 0 aromatic heterocycles. The van der Waals surface area contributed by atoms with Crippen LogP contribution in [0.1, 0.15) is 90.9 Å². The number of unbranched alkanes of at least 4 members (excludes halogenated alkanes) is 7. The van der Waals surface area contributed by atoms with E-state index in [0.29, 0.717) is 19.1 Å². The highest BCUT2D eigenvalue weighted by atomic mass is 16.5. The lowest BCUT2D eigenvalue weighted by molar-refractivity contribution is -0.143. The molecular weight excluding hydrogens is 312 g/mol.